The largest absolute Gasteiger partial charge is 0.385 e. The fourth-order valence-corrected chi connectivity index (χ4v) is 4.40. The molecule has 0 unspecified atom stereocenters. The molecule has 1 aromatic rings. The zero-order valence-electron chi connectivity index (χ0n) is 14.9. The van der Waals surface area contributed by atoms with E-state index in [1.807, 2.05) is 12.1 Å². The van der Waals surface area contributed by atoms with E-state index in [1.54, 1.807) is 30.2 Å². The average Bonchev–Trinajstić information content (AvgIpc) is 2.65. The molecule has 8 heteroatoms. The van der Waals surface area contributed by atoms with Crippen LogP contribution in [-0.4, -0.2) is 57.8 Å². The molecular weight excluding hydrogens is 376 g/mol. The Hall–Kier alpha value is -1.41. The van der Waals surface area contributed by atoms with E-state index >= 15 is 0 Å². The van der Waals surface area contributed by atoms with Crippen LogP contribution in [0.5, 0.6) is 0 Å². The Labute approximate surface area is 160 Å². The second kappa shape index (κ2) is 10.1. The number of hydrogen-bond acceptors (Lipinski definition) is 4. The predicted molar refractivity (Wildman–Crippen MR) is 104 cm³/mol. The molecule has 1 amide bonds. The standard InChI is InChI=1S/C18H25ClN2O4S/c1-25-14-2-11-20-26(23,24)17-9-12-21(13-10-17)18(22)8-5-15-3-6-16(19)7-4-15/h3-8,17,20H,2,9-14H2,1H3/b8-5+. The number of hydrogen-bond donors (Lipinski definition) is 1. The molecule has 0 aliphatic carbocycles. The minimum atomic E-state index is -3.35. The minimum Gasteiger partial charge on any atom is -0.385 e. The van der Waals surface area contributed by atoms with Crippen LogP contribution in [0.4, 0.5) is 0 Å². The number of carbonyl (C=O) groups excluding carboxylic acids is 1. The third-order valence-electron chi connectivity index (χ3n) is 4.31. The first-order chi connectivity index (χ1) is 12.4. The van der Waals surface area contributed by atoms with Gasteiger partial charge in [0.2, 0.25) is 15.9 Å². The molecule has 26 heavy (non-hydrogen) atoms. The summed E-state index contributed by atoms with van der Waals surface area (Å²) in [6.45, 7) is 1.77. The van der Waals surface area contributed by atoms with Crippen LogP contribution in [-0.2, 0) is 19.6 Å². The summed E-state index contributed by atoms with van der Waals surface area (Å²) in [4.78, 5) is 14.0. The molecule has 144 valence electrons. The number of likely N-dealkylation sites (tertiary alicyclic amines) is 1. The van der Waals surface area contributed by atoms with Gasteiger partial charge in [-0.05, 0) is 43.0 Å². The molecule has 0 radical (unpaired) electrons. The number of ether oxygens (including phenoxy) is 1. The Morgan fingerprint density at radius 1 is 1.31 bits per heavy atom. The molecule has 1 saturated heterocycles. The molecule has 0 atom stereocenters. The number of piperidine rings is 1. The van der Waals surface area contributed by atoms with E-state index in [0.717, 1.165) is 5.56 Å². The lowest BCUT2D eigenvalue weighted by Crippen LogP contribution is -2.45. The van der Waals surface area contributed by atoms with Crippen molar-refractivity contribution in [3.05, 3.63) is 40.9 Å². The van der Waals surface area contributed by atoms with Crippen molar-refractivity contribution in [3.8, 4) is 0 Å². The number of nitrogens with zero attached hydrogens (tertiary/aromatic N) is 1. The first kappa shape index (κ1) is 20.9. The zero-order valence-corrected chi connectivity index (χ0v) is 16.4. The van der Waals surface area contributed by atoms with Crippen molar-refractivity contribution in [2.75, 3.05) is 33.4 Å². The number of methoxy groups -OCH3 is 1. The third-order valence-corrected chi connectivity index (χ3v) is 6.52. The van der Waals surface area contributed by atoms with E-state index in [2.05, 4.69) is 4.72 Å². The van der Waals surface area contributed by atoms with Crippen molar-refractivity contribution < 1.29 is 17.9 Å². The molecule has 1 aromatic carbocycles. The Morgan fingerprint density at radius 3 is 2.58 bits per heavy atom. The maximum atomic E-state index is 12.3. The number of sulfonamides is 1. The lowest BCUT2D eigenvalue weighted by molar-refractivity contribution is -0.126. The van der Waals surface area contributed by atoms with Crippen LogP contribution < -0.4 is 4.72 Å². The number of benzene rings is 1. The lowest BCUT2D eigenvalue weighted by Gasteiger charge is -2.31. The van der Waals surface area contributed by atoms with Crippen molar-refractivity contribution in [1.82, 2.24) is 9.62 Å². The Morgan fingerprint density at radius 2 is 1.96 bits per heavy atom. The molecule has 0 saturated carbocycles. The fraction of sp³-hybridized carbons (Fsp3) is 0.500. The fourth-order valence-electron chi connectivity index (χ4n) is 2.78. The van der Waals surface area contributed by atoms with E-state index < -0.39 is 15.3 Å². The number of amides is 1. The highest BCUT2D eigenvalue weighted by atomic mass is 35.5. The molecule has 1 aliphatic heterocycles. The highest BCUT2D eigenvalue weighted by Gasteiger charge is 2.30. The van der Waals surface area contributed by atoms with Crippen molar-refractivity contribution in [3.63, 3.8) is 0 Å². The van der Waals surface area contributed by atoms with Crippen LogP contribution in [0.1, 0.15) is 24.8 Å². The van der Waals surface area contributed by atoms with Gasteiger partial charge < -0.3 is 9.64 Å². The third kappa shape index (κ3) is 6.39. The summed E-state index contributed by atoms with van der Waals surface area (Å²) in [6.07, 6.45) is 4.78. The monoisotopic (exact) mass is 400 g/mol. The summed E-state index contributed by atoms with van der Waals surface area (Å²) in [5.74, 6) is -0.108. The number of rotatable bonds is 8. The van der Waals surface area contributed by atoms with Gasteiger partial charge in [0.1, 0.15) is 0 Å². The van der Waals surface area contributed by atoms with Gasteiger partial charge in [0.05, 0.1) is 5.25 Å². The van der Waals surface area contributed by atoms with Gasteiger partial charge in [0, 0.05) is 44.4 Å². The summed E-state index contributed by atoms with van der Waals surface area (Å²) in [7, 11) is -1.76. The van der Waals surface area contributed by atoms with Crippen LogP contribution in [0.3, 0.4) is 0 Å². The van der Waals surface area contributed by atoms with Gasteiger partial charge in [0.25, 0.3) is 0 Å². The van der Waals surface area contributed by atoms with Gasteiger partial charge in [-0.2, -0.15) is 0 Å². The van der Waals surface area contributed by atoms with Gasteiger partial charge in [-0.3, -0.25) is 4.79 Å². The van der Waals surface area contributed by atoms with Gasteiger partial charge in [-0.15, -0.1) is 0 Å². The smallest absolute Gasteiger partial charge is 0.246 e. The summed E-state index contributed by atoms with van der Waals surface area (Å²) < 4.78 is 32.1. The number of carbonyl (C=O) groups is 1. The minimum absolute atomic E-state index is 0.108. The molecule has 1 heterocycles. The van der Waals surface area contributed by atoms with E-state index in [1.165, 1.54) is 6.08 Å². The molecule has 2 rings (SSSR count). The summed E-state index contributed by atoms with van der Waals surface area (Å²) in [5.41, 5.74) is 0.889. The van der Waals surface area contributed by atoms with E-state index in [-0.39, 0.29) is 5.91 Å². The zero-order chi connectivity index (χ0) is 19.0. The van der Waals surface area contributed by atoms with Crippen molar-refractivity contribution in [1.29, 1.82) is 0 Å². The second-order valence-electron chi connectivity index (χ2n) is 6.20. The number of nitrogens with one attached hydrogen (secondary N) is 1. The average molecular weight is 401 g/mol. The molecule has 6 nitrogen and oxygen atoms in total. The molecule has 0 aromatic heterocycles. The molecule has 1 aliphatic rings. The first-order valence-electron chi connectivity index (χ1n) is 8.62. The van der Waals surface area contributed by atoms with E-state index in [9.17, 15) is 13.2 Å². The van der Waals surface area contributed by atoms with Crippen molar-refractivity contribution in [2.24, 2.45) is 0 Å². The molecule has 0 spiro atoms. The highest BCUT2D eigenvalue weighted by Crippen LogP contribution is 2.18. The summed E-state index contributed by atoms with van der Waals surface area (Å²) in [5, 5.41) is 0.196. The normalized spacial score (nSPS) is 16.3. The Balaban J connectivity index is 1.81. The molecular formula is C18H25ClN2O4S. The van der Waals surface area contributed by atoms with Gasteiger partial charge in [0.15, 0.2) is 0 Å². The van der Waals surface area contributed by atoms with Crippen LogP contribution >= 0.6 is 11.6 Å². The van der Waals surface area contributed by atoms with Crippen LogP contribution in [0.15, 0.2) is 30.3 Å². The number of halogens is 1. The highest BCUT2D eigenvalue weighted by molar-refractivity contribution is 7.90. The molecule has 1 fully saturated rings. The Bertz CT molecular complexity index is 711. The topological polar surface area (TPSA) is 75.7 Å². The molecule has 0 bridgehead atoms. The summed E-state index contributed by atoms with van der Waals surface area (Å²) >= 11 is 5.83. The SMILES string of the molecule is COCCCNS(=O)(=O)C1CCN(C(=O)/C=C/c2ccc(Cl)cc2)CC1. The predicted octanol–water partition coefficient (Wildman–Crippen LogP) is 2.30. The quantitative estimate of drug-likeness (QED) is 0.536. The lowest BCUT2D eigenvalue weighted by atomic mass is 10.1. The van der Waals surface area contributed by atoms with E-state index in [0.29, 0.717) is 50.5 Å². The summed E-state index contributed by atoms with van der Waals surface area (Å²) in [6, 6.07) is 7.20. The van der Waals surface area contributed by atoms with Gasteiger partial charge in [-0.1, -0.05) is 23.7 Å². The second-order valence-corrected chi connectivity index (χ2v) is 8.68. The van der Waals surface area contributed by atoms with E-state index in [4.69, 9.17) is 16.3 Å². The Kier molecular flexibility index (Phi) is 8.09. The first-order valence-corrected chi connectivity index (χ1v) is 10.5. The van der Waals surface area contributed by atoms with Crippen LogP contribution in [0.2, 0.25) is 5.02 Å². The van der Waals surface area contributed by atoms with Crippen LogP contribution in [0, 0.1) is 0 Å². The maximum absolute atomic E-state index is 12.3. The molecule has 1 N–H and O–H groups in total. The van der Waals surface area contributed by atoms with Gasteiger partial charge >= 0.3 is 0 Å². The van der Waals surface area contributed by atoms with Crippen LogP contribution in [0.25, 0.3) is 6.08 Å². The van der Waals surface area contributed by atoms with Crippen molar-refractivity contribution in [2.45, 2.75) is 24.5 Å². The van der Waals surface area contributed by atoms with Crippen molar-refractivity contribution >= 4 is 33.6 Å². The maximum Gasteiger partial charge on any atom is 0.246 e. The van der Waals surface area contributed by atoms with Gasteiger partial charge in [-0.25, -0.2) is 13.1 Å².